The van der Waals surface area contributed by atoms with E-state index in [-0.39, 0.29) is 16.5 Å². The van der Waals surface area contributed by atoms with Gasteiger partial charge in [-0.3, -0.25) is 4.79 Å². The van der Waals surface area contributed by atoms with Gasteiger partial charge in [-0.25, -0.2) is 13.1 Å². The van der Waals surface area contributed by atoms with E-state index in [9.17, 15) is 13.2 Å². The largest absolute Gasteiger partial charge is 0.451 e. The predicted octanol–water partition coefficient (Wildman–Crippen LogP) is 2.56. The highest BCUT2D eigenvalue weighted by atomic mass is 79.9. The fourth-order valence-electron chi connectivity index (χ4n) is 2.87. The lowest BCUT2D eigenvalue weighted by Gasteiger charge is -2.31. The number of hydrogen-bond acceptors (Lipinski definition) is 4. The number of carbonyl (C=O) groups is 1. The van der Waals surface area contributed by atoms with E-state index in [2.05, 4.69) is 20.7 Å². The smallest absolute Gasteiger partial charge is 0.289 e. The van der Waals surface area contributed by atoms with Crippen LogP contribution in [0, 0.1) is 5.92 Å². The van der Waals surface area contributed by atoms with E-state index in [4.69, 9.17) is 4.42 Å². The number of furan rings is 1. The van der Waals surface area contributed by atoms with Crippen LogP contribution in [0.3, 0.4) is 0 Å². The fraction of sp³-hybridized carbons (Fsp3) is 0.438. The summed E-state index contributed by atoms with van der Waals surface area (Å²) in [5, 5.41) is 0.917. The van der Waals surface area contributed by atoms with Crippen molar-refractivity contribution in [2.75, 3.05) is 24.3 Å². The molecule has 1 amide bonds. The molecule has 2 aromatic rings. The molecule has 3 rings (SSSR count). The molecular weight excluding hydrogens is 396 g/mol. The molecule has 1 aliphatic rings. The Morgan fingerprint density at radius 1 is 1.29 bits per heavy atom. The van der Waals surface area contributed by atoms with Crippen molar-refractivity contribution in [3.63, 3.8) is 0 Å². The first kappa shape index (κ1) is 17.4. The van der Waals surface area contributed by atoms with Crippen LogP contribution < -0.4 is 4.72 Å². The van der Waals surface area contributed by atoms with Crippen LogP contribution in [0.25, 0.3) is 11.0 Å². The Kier molecular flexibility index (Phi) is 5.27. The van der Waals surface area contributed by atoms with E-state index >= 15 is 0 Å². The van der Waals surface area contributed by atoms with Crippen molar-refractivity contribution in [1.82, 2.24) is 9.62 Å². The van der Waals surface area contributed by atoms with Crippen LogP contribution in [-0.2, 0) is 10.0 Å². The van der Waals surface area contributed by atoms with Crippen LogP contribution in [0.1, 0.15) is 23.4 Å². The van der Waals surface area contributed by atoms with Crippen LogP contribution >= 0.6 is 15.9 Å². The highest BCUT2D eigenvalue weighted by Crippen LogP contribution is 2.23. The third-order valence-electron chi connectivity index (χ3n) is 4.27. The molecule has 1 aromatic heterocycles. The number of amides is 1. The normalized spacial score (nSPS) is 16.6. The number of sulfonamides is 1. The minimum atomic E-state index is -3.24. The summed E-state index contributed by atoms with van der Waals surface area (Å²) >= 11 is 2.95. The minimum Gasteiger partial charge on any atom is -0.451 e. The number of benzene rings is 1. The first-order chi connectivity index (χ1) is 11.5. The molecule has 6 nitrogen and oxygen atoms in total. The number of piperidine rings is 1. The molecule has 0 saturated carbocycles. The molecular formula is C16H19BrN2O4S. The molecule has 1 fully saturated rings. The average Bonchev–Trinajstić information content (AvgIpc) is 3.04. The molecule has 0 radical (unpaired) electrons. The van der Waals surface area contributed by atoms with Crippen molar-refractivity contribution in [1.29, 1.82) is 0 Å². The third-order valence-corrected chi connectivity index (χ3v) is 6.98. The molecule has 1 aliphatic heterocycles. The van der Waals surface area contributed by atoms with Crippen LogP contribution in [0.15, 0.2) is 34.7 Å². The topological polar surface area (TPSA) is 79.6 Å². The molecule has 0 spiro atoms. The van der Waals surface area contributed by atoms with Gasteiger partial charge in [-0.1, -0.05) is 34.1 Å². The van der Waals surface area contributed by atoms with Crippen molar-refractivity contribution in [3.05, 3.63) is 36.1 Å². The summed E-state index contributed by atoms with van der Waals surface area (Å²) < 4.78 is 31.0. The predicted molar refractivity (Wildman–Crippen MR) is 95.6 cm³/mol. The molecule has 8 heteroatoms. The van der Waals surface area contributed by atoms with Crippen LogP contribution in [0.5, 0.6) is 0 Å². The van der Waals surface area contributed by atoms with Gasteiger partial charge in [-0.15, -0.1) is 0 Å². The number of rotatable bonds is 5. The summed E-state index contributed by atoms with van der Waals surface area (Å²) in [4.78, 5) is 14.3. The SMILES string of the molecule is O=C(c1cc2ccccc2o1)N1CCC(CNS(=O)(=O)CBr)CC1. The van der Waals surface area contributed by atoms with E-state index in [0.717, 1.165) is 18.2 Å². The maximum atomic E-state index is 12.6. The van der Waals surface area contributed by atoms with E-state index in [1.54, 1.807) is 11.0 Å². The number of likely N-dealkylation sites (tertiary alicyclic amines) is 1. The Bertz CT molecular complexity index is 792. The maximum absolute atomic E-state index is 12.6. The zero-order chi connectivity index (χ0) is 17.2. The van der Waals surface area contributed by atoms with E-state index in [0.29, 0.717) is 31.0 Å². The van der Waals surface area contributed by atoms with Gasteiger partial charge in [-0.05, 0) is 30.9 Å². The summed E-state index contributed by atoms with van der Waals surface area (Å²) in [5.74, 6) is 0.499. The third kappa shape index (κ3) is 3.99. The fourth-order valence-corrected chi connectivity index (χ4v) is 3.92. The Morgan fingerprint density at radius 3 is 2.67 bits per heavy atom. The molecule has 0 unspecified atom stereocenters. The van der Waals surface area contributed by atoms with Crippen molar-refractivity contribution in [3.8, 4) is 0 Å². The molecule has 0 bridgehead atoms. The molecule has 130 valence electrons. The quantitative estimate of drug-likeness (QED) is 0.762. The van der Waals surface area contributed by atoms with Crippen LogP contribution in [0.2, 0.25) is 0 Å². The van der Waals surface area contributed by atoms with Gasteiger partial charge < -0.3 is 9.32 Å². The number of halogens is 1. The van der Waals surface area contributed by atoms with Crippen molar-refractivity contribution in [2.45, 2.75) is 12.8 Å². The first-order valence-electron chi connectivity index (χ1n) is 7.79. The molecule has 0 atom stereocenters. The summed E-state index contributed by atoms with van der Waals surface area (Å²) in [6.45, 7) is 1.63. The van der Waals surface area contributed by atoms with Gasteiger partial charge in [0, 0.05) is 25.0 Å². The number of nitrogens with one attached hydrogen (secondary N) is 1. The standard InChI is InChI=1S/C16H19BrN2O4S/c17-11-24(21,22)18-10-12-5-7-19(8-6-12)16(20)15-9-13-3-1-2-4-14(13)23-15/h1-4,9,12,18H,5-8,10-11H2. The first-order valence-corrected chi connectivity index (χ1v) is 10.6. The number of carbonyl (C=O) groups excluding carboxylic acids is 1. The molecule has 1 N–H and O–H groups in total. The highest BCUT2D eigenvalue weighted by Gasteiger charge is 2.26. The van der Waals surface area contributed by atoms with Gasteiger partial charge in [0.1, 0.15) is 10.2 Å². The van der Waals surface area contributed by atoms with Gasteiger partial charge in [0.2, 0.25) is 10.0 Å². The Balaban J connectivity index is 1.57. The summed E-state index contributed by atoms with van der Waals surface area (Å²) in [5.41, 5.74) is 0.708. The van der Waals surface area contributed by atoms with Gasteiger partial charge in [0.25, 0.3) is 5.91 Å². The lowest BCUT2D eigenvalue weighted by molar-refractivity contribution is 0.0662. The number of hydrogen-bond donors (Lipinski definition) is 1. The second-order valence-corrected chi connectivity index (χ2v) is 9.07. The minimum absolute atomic E-state index is 0.0939. The lowest BCUT2D eigenvalue weighted by Crippen LogP contribution is -2.41. The molecule has 2 heterocycles. The Hall–Kier alpha value is -1.38. The molecule has 0 aliphatic carbocycles. The van der Waals surface area contributed by atoms with Crippen LogP contribution in [-0.4, -0.2) is 43.5 Å². The number of para-hydroxylation sites is 1. The van der Waals surface area contributed by atoms with Crippen molar-refractivity contribution in [2.24, 2.45) is 5.92 Å². The van der Waals surface area contributed by atoms with Crippen molar-refractivity contribution < 1.29 is 17.6 Å². The van der Waals surface area contributed by atoms with Gasteiger partial charge >= 0.3 is 0 Å². The van der Waals surface area contributed by atoms with Gasteiger partial charge in [0.15, 0.2) is 5.76 Å². The van der Waals surface area contributed by atoms with Gasteiger partial charge in [-0.2, -0.15) is 0 Å². The zero-order valence-electron chi connectivity index (χ0n) is 13.1. The monoisotopic (exact) mass is 414 g/mol. The summed E-state index contributed by atoms with van der Waals surface area (Å²) in [6, 6.07) is 9.31. The average molecular weight is 415 g/mol. The zero-order valence-corrected chi connectivity index (χ0v) is 15.5. The van der Waals surface area contributed by atoms with Crippen LogP contribution in [0.4, 0.5) is 0 Å². The Morgan fingerprint density at radius 2 is 2.00 bits per heavy atom. The van der Waals surface area contributed by atoms with E-state index in [1.807, 2.05) is 24.3 Å². The summed E-state index contributed by atoms with van der Waals surface area (Å²) in [7, 11) is -3.24. The number of fused-ring (bicyclic) bond motifs is 1. The molecule has 24 heavy (non-hydrogen) atoms. The summed E-state index contributed by atoms with van der Waals surface area (Å²) in [6.07, 6.45) is 1.55. The second-order valence-electron chi connectivity index (χ2n) is 5.96. The molecule has 1 saturated heterocycles. The number of alkyl halides is 1. The highest BCUT2D eigenvalue weighted by molar-refractivity contribution is 9.10. The lowest BCUT2D eigenvalue weighted by atomic mass is 9.97. The maximum Gasteiger partial charge on any atom is 0.289 e. The molecule has 1 aromatic carbocycles. The Labute approximate surface area is 149 Å². The number of nitrogens with zero attached hydrogens (tertiary/aromatic N) is 1. The van der Waals surface area contributed by atoms with Crippen molar-refractivity contribution >= 4 is 42.8 Å². The van der Waals surface area contributed by atoms with Gasteiger partial charge in [0.05, 0.1) is 0 Å². The van der Waals surface area contributed by atoms with E-state index in [1.165, 1.54) is 0 Å². The second kappa shape index (κ2) is 7.25. The van der Waals surface area contributed by atoms with E-state index < -0.39 is 10.0 Å².